The van der Waals surface area contributed by atoms with Crippen molar-refractivity contribution in [2.24, 2.45) is 0 Å². The Balaban J connectivity index is 1.99. The van der Waals surface area contributed by atoms with Gasteiger partial charge in [0, 0.05) is 10.2 Å². The summed E-state index contributed by atoms with van der Waals surface area (Å²) in [6, 6.07) is 7.14. The lowest BCUT2D eigenvalue weighted by Gasteiger charge is -2.10. The summed E-state index contributed by atoms with van der Waals surface area (Å²) in [6.45, 7) is 1.76. The van der Waals surface area contributed by atoms with Crippen LogP contribution >= 0.6 is 15.9 Å². The van der Waals surface area contributed by atoms with Crippen molar-refractivity contribution in [2.45, 2.75) is 6.92 Å². The van der Waals surface area contributed by atoms with E-state index in [0.717, 1.165) is 22.2 Å². The number of hydrogen-bond acceptors (Lipinski definition) is 2. The zero-order valence-corrected chi connectivity index (χ0v) is 13.1. The van der Waals surface area contributed by atoms with Crippen molar-refractivity contribution in [3.05, 3.63) is 57.8 Å². The molecule has 3 nitrogen and oxygen atoms in total. The summed E-state index contributed by atoms with van der Waals surface area (Å²) in [7, 11) is 0. The summed E-state index contributed by atoms with van der Waals surface area (Å²) >= 11 is 3.36. The lowest BCUT2D eigenvalue weighted by atomic mass is 10.2. The van der Waals surface area contributed by atoms with Crippen LogP contribution in [0.25, 0.3) is 0 Å². The van der Waals surface area contributed by atoms with Crippen LogP contribution < -0.4 is 10.6 Å². The summed E-state index contributed by atoms with van der Waals surface area (Å²) in [5.41, 5.74) is 1.29. The first kappa shape index (κ1) is 16.4. The van der Waals surface area contributed by atoms with Gasteiger partial charge < -0.3 is 10.6 Å². The first-order valence-corrected chi connectivity index (χ1v) is 7.11. The second kappa shape index (κ2) is 6.83. The molecule has 0 atom stereocenters. The molecule has 2 N–H and O–H groups in total. The lowest BCUT2D eigenvalue weighted by Crippen LogP contribution is -2.22. The molecule has 0 unspecified atom stereocenters. The van der Waals surface area contributed by atoms with Crippen LogP contribution in [-0.2, 0) is 4.79 Å². The second-order valence-electron chi connectivity index (χ2n) is 4.59. The van der Waals surface area contributed by atoms with Crippen LogP contribution in [0.1, 0.15) is 5.56 Å². The van der Waals surface area contributed by atoms with Crippen molar-refractivity contribution in [1.29, 1.82) is 0 Å². The maximum atomic E-state index is 13.4. The van der Waals surface area contributed by atoms with Gasteiger partial charge in [-0.25, -0.2) is 13.2 Å². The molecule has 0 aliphatic heterocycles. The van der Waals surface area contributed by atoms with E-state index in [2.05, 4.69) is 26.6 Å². The summed E-state index contributed by atoms with van der Waals surface area (Å²) in [6.07, 6.45) is 0. The van der Waals surface area contributed by atoms with E-state index in [9.17, 15) is 18.0 Å². The van der Waals surface area contributed by atoms with Gasteiger partial charge in [-0.2, -0.15) is 0 Å². The molecule has 2 aromatic rings. The van der Waals surface area contributed by atoms with Gasteiger partial charge in [0.15, 0.2) is 17.5 Å². The highest BCUT2D eigenvalue weighted by molar-refractivity contribution is 9.10. The zero-order valence-electron chi connectivity index (χ0n) is 11.5. The molecular formula is C15H12BrF3N2O. The second-order valence-corrected chi connectivity index (χ2v) is 5.44. The smallest absolute Gasteiger partial charge is 0.243 e. The number of carbonyl (C=O) groups excluding carboxylic acids is 1. The predicted octanol–water partition coefficient (Wildman–Crippen LogP) is 4.23. The van der Waals surface area contributed by atoms with Crippen LogP contribution in [0, 0.1) is 24.4 Å². The molecule has 0 aliphatic carbocycles. The van der Waals surface area contributed by atoms with E-state index in [1.54, 1.807) is 6.07 Å². The van der Waals surface area contributed by atoms with Gasteiger partial charge in [-0.1, -0.05) is 15.9 Å². The van der Waals surface area contributed by atoms with E-state index in [-0.39, 0.29) is 6.54 Å². The number of carbonyl (C=O) groups is 1. The summed E-state index contributed by atoms with van der Waals surface area (Å²) in [5, 5.41) is 5.04. The van der Waals surface area contributed by atoms with Crippen molar-refractivity contribution in [1.82, 2.24) is 0 Å². The monoisotopic (exact) mass is 372 g/mol. The molecule has 0 radical (unpaired) electrons. The maximum absolute atomic E-state index is 13.4. The molecule has 0 saturated heterocycles. The van der Waals surface area contributed by atoms with E-state index in [4.69, 9.17) is 0 Å². The average Bonchev–Trinajstić information content (AvgIpc) is 2.49. The van der Waals surface area contributed by atoms with Gasteiger partial charge in [0.2, 0.25) is 5.91 Å². The Morgan fingerprint density at radius 2 is 1.86 bits per heavy atom. The molecular weight excluding hydrogens is 361 g/mol. The highest BCUT2D eigenvalue weighted by Crippen LogP contribution is 2.21. The highest BCUT2D eigenvalue weighted by Gasteiger charge is 2.15. The molecule has 0 heterocycles. The normalized spacial score (nSPS) is 10.4. The molecule has 0 fully saturated rings. The van der Waals surface area contributed by atoms with Gasteiger partial charge in [0.25, 0.3) is 0 Å². The van der Waals surface area contributed by atoms with Crippen LogP contribution in [0.2, 0.25) is 0 Å². The molecule has 0 saturated carbocycles. The Hall–Kier alpha value is -2.02. The van der Waals surface area contributed by atoms with Crippen LogP contribution in [0.15, 0.2) is 34.8 Å². The number of amides is 1. The summed E-state index contributed by atoms with van der Waals surface area (Å²) in [4.78, 5) is 11.7. The molecule has 2 rings (SSSR count). The van der Waals surface area contributed by atoms with Crippen LogP contribution in [-0.4, -0.2) is 12.5 Å². The van der Waals surface area contributed by atoms with E-state index in [1.807, 2.05) is 19.1 Å². The number of hydrogen-bond donors (Lipinski definition) is 2. The molecule has 116 valence electrons. The standard InChI is InChI=1S/C15H12BrF3N2O/c1-8-6-9(2-3-10(8)16)20-7-13(22)21-12-5-4-11(17)14(18)15(12)19/h2-6,20H,7H2,1H3,(H,21,22). The number of anilines is 2. The zero-order chi connectivity index (χ0) is 16.3. The third kappa shape index (κ3) is 3.79. The quantitative estimate of drug-likeness (QED) is 0.788. The number of benzene rings is 2. The molecule has 0 bridgehead atoms. The van der Waals surface area contributed by atoms with Gasteiger partial charge in [-0.3, -0.25) is 4.79 Å². The Labute approximate surface area is 133 Å². The van der Waals surface area contributed by atoms with E-state index >= 15 is 0 Å². The molecule has 0 aromatic heterocycles. The van der Waals surface area contributed by atoms with Gasteiger partial charge in [0.1, 0.15) is 0 Å². The van der Waals surface area contributed by atoms with Crippen molar-refractivity contribution < 1.29 is 18.0 Å². The van der Waals surface area contributed by atoms with E-state index < -0.39 is 29.0 Å². The molecule has 22 heavy (non-hydrogen) atoms. The van der Waals surface area contributed by atoms with Crippen molar-refractivity contribution in [3.63, 3.8) is 0 Å². The first-order valence-electron chi connectivity index (χ1n) is 6.32. The van der Waals surface area contributed by atoms with Gasteiger partial charge in [-0.05, 0) is 42.8 Å². The Kier molecular flexibility index (Phi) is 5.07. The minimum atomic E-state index is -1.62. The van der Waals surface area contributed by atoms with E-state index in [0.29, 0.717) is 5.69 Å². The largest absolute Gasteiger partial charge is 0.376 e. The number of aryl methyl sites for hydroxylation is 1. The third-order valence-corrected chi connectivity index (χ3v) is 3.81. The van der Waals surface area contributed by atoms with Crippen LogP contribution in [0.4, 0.5) is 24.5 Å². The first-order chi connectivity index (χ1) is 10.4. The van der Waals surface area contributed by atoms with Crippen molar-refractivity contribution >= 4 is 33.2 Å². The molecule has 7 heteroatoms. The Morgan fingerprint density at radius 1 is 1.14 bits per heavy atom. The molecule has 1 amide bonds. The molecule has 0 spiro atoms. The van der Waals surface area contributed by atoms with Gasteiger partial charge in [0.05, 0.1) is 12.2 Å². The van der Waals surface area contributed by atoms with Crippen molar-refractivity contribution in [3.8, 4) is 0 Å². The van der Waals surface area contributed by atoms with E-state index in [1.165, 1.54) is 0 Å². The summed E-state index contributed by atoms with van der Waals surface area (Å²) in [5.74, 6) is -4.92. The number of nitrogens with one attached hydrogen (secondary N) is 2. The maximum Gasteiger partial charge on any atom is 0.243 e. The fourth-order valence-corrected chi connectivity index (χ4v) is 2.00. The third-order valence-electron chi connectivity index (χ3n) is 2.92. The minimum absolute atomic E-state index is 0.139. The topological polar surface area (TPSA) is 41.1 Å². The van der Waals surface area contributed by atoms with Gasteiger partial charge in [-0.15, -0.1) is 0 Å². The number of halogens is 4. The Bertz CT molecular complexity index is 722. The van der Waals surface area contributed by atoms with Crippen LogP contribution in [0.5, 0.6) is 0 Å². The van der Waals surface area contributed by atoms with Gasteiger partial charge >= 0.3 is 0 Å². The fourth-order valence-electron chi connectivity index (χ4n) is 1.75. The highest BCUT2D eigenvalue weighted by atomic mass is 79.9. The summed E-state index contributed by atoms with van der Waals surface area (Å²) < 4.78 is 40.2. The average molecular weight is 373 g/mol. The molecule has 0 aliphatic rings. The lowest BCUT2D eigenvalue weighted by molar-refractivity contribution is -0.114. The van der Waals surface area contributed by atoms with Crippen LogP contribution in [0.3, 0.4) is 0 Å². The predicted molar refractivity (Wildman–Crippen MR) is 82.3 cm³/mol. The number of rotatable bonds is 4. The fraction of sp³-hybridized carbons (Fsp3) is 0.133. The Morgan fingerprint density at radius 3 is 2.55 bits per heavy atom. The van der Waals surface area contributed by atoms with Crippen molar-refractivity contribution in [2.75, 3.05) is 17.2 Å². The SMILES string of the molecule is Cc1cc(NCC(=O)Nc2ccc(F)c(F)c2F)ccc1Br. The minimum Gasteiger partial charge on any atom is -0.376 e. The molecule has 2 aromatic carbocycles.